The van der Waals surface area contributed by atoms with E-state index in [4.69, 9.17) is 16.0 Å². The van der Waals surface area contributed by atoms with Crippen molar-refractivity contribution >= 4 is 11.6 Å². The van der Waals surface area contributed by atoms with Crippen LogP contribution in [0.3, 0.4) is 0 Å². The van der Waals surface area contributed by atoms with Crippen molar-refractivity contribution in [3.05, 3.63) is 57.2 Å². The number of aryl methyl sites for hydroxylation is 2. The Bertz CT molecular complexity index is 621. The largest absolute Gasteiger partial charge is 0.466 e. The van der Waals surface area contributed by atoms with E-state index >= 15 is 0 Å². The van der Waals surface area contributed by atoms with Crippen molar-refractivity contribution in [3.8, 4) is 0 Å². The highest BCUT2D eigenvalue weighted by Crippen LogP contribution is 2.29. The quantitative estimate of drug-likeness (QED) is 0.898. The third-order valence-corrected chi connectivity index (χ3v) is 4.04. The minimum atomic E-state index is -0.379. The molecule has 1 atom stereocenters. The highest BCUT2D eigenvalue weighted by atomic mass is 35.5. The molecule has 2 rings (SSSR count). The van der Waals surface area contributed by atoms with Gasteiger partial charge in [-0.2, -0.15) is 0 Å². The fourth-order valence-corrected chi connectivity index (χ4v) is 2.69. The Labute approximate surface area is 123 Å². The Morgan fingerprint density at radius 1 is 1.25 bits per heavy atom. The number of benzene rings is 1. The molecule has 1 unspecified atom stereocenters. The van der Waals surface area contributed by atoms with E-state index in [1.165, 1.54) is 6.07 Å². The van der Waals surface area contributed by atoms with Gasteiger partial charge in [0.25, 0.3) is 0 Å². The van der Waals surface area contributed by atoms with Gasteiger partial charge in [0.15, 0.2) is 0 Å². The summed E-state index contributed by atoms with van der Waals surface area (Å²) in [5.74, 6) is 1.46. The van der Waals surface area contributed by atoms with Crippen LogP contribution in [0, 0.1) is 26.6 Å². The van der Waals surface area contributed by atoms with Crippen molar-refractivity contribution in [2.75, 3.05) is 7.05 Å². The summed E-state index contributed by atoms with van der Waals surface area (Å²) >= 11 is 5.72. The van der Waals surface area contributed by atoms with Gasteiger partial charge in [0.2, 0.25) is 0 Å². The molecule has 0 saturated heterocycles. The molecule has 1 heterocycles. The lowest BCUT2D eigenvalue weighted by atomic mass is 9.96. The Balaban J connectivity index is 2.31. The summed E-state index contributed by atoms with van der Waals surface area (Å²) in [6.45, 7) is 5.97. The molecular formula is C16H19ClFNO. The van der Waals surface area contributed by atoms with Crippen molar-refractivity contribution < 1.29 is 8.81 Å². The molecule has 0 saturated carbocycles. The van der Waals surface area contributed by atoms with Gasteiger partial charge in [-0.25, -0.2) is 4.39 Å². The number of likely N-dealkylation sites (N-methyl/N-ethyl adjacent to an activating group) is 1. The molecule has 1 aromatic carbocycles. The van der Waals surface area contributed by atoms with Gasteiger partial charge in [-0.05, 0) is 57.5 Å². The molecule has 2 nitrogen and oxygen atoms in total. The second-order valence-electron chi connectivity index (χ2n) is 5.05. The topological polar surface area (TPSA) is 25.2 Å². The first-order valence-corrected chi connectivity index (χ1v) is 6.99. The number of nitrogens with one attached hydrogen (secondary N) is 1. The first kappa shape index (κ1) is 15.1. The van der Waals surface area contributed by atoms with Crippen LogP contribution in [0.25, 0.3) is 0 Å². The summed E-state index contributed by atoms with van der Waals surface area (Å²) < 4.78 is 19.2. The van der Waals surface area contributed by atoms with Crippen molar-refractivity contribution in [1.29, 1.82) is 0 Å². The van der Waals surface area contributed by atoms with Crippen LogP contribution >= 0.6 is 11.6 Å². The molecule has 1 N–H and O–H groups in total. The maximum Gasteiger partial charge on any atom is 0.142 e. The van der Waals surface area contributed by atoms with E-state index in [0.717, 1.165) is 28.2 Å². The van der Waals surface area contributed by atoms with Gasteiger partial charge >= 0.3 is 0 Å². The number of hydrogen-bond acceptors (Lipinski definition) is 2. The molecule has 0 bridgehead atoms. The zero-order valence-corrected chi connectivity index (χ0v) is 12.9. The fraction of sp³-hybridized carbons (Fsp3) is 0.375. The van der Waals surface area contributed by atoms with Crippen LogP contribution in [0.1, 0.15) is 34.3 Å². The molecule has 20 heavy (non-hydrogen) atoms. The van der Waals surface area contributed by atoms with Gasteiger partial charge in [-0.1, -0.05) is 17.7 Å². The van der Waals surface area contributed by atoms with Crippen LogP contribution < -0.4 is 5.32 Å². The SMILES string of the molecule is CNC(Cc1ccc(Cl)c(F)c1)c1c(C)oc(C)c1C. The van der Waals surface area contributed by atoms with Gasteiger partial charge in [-0.15, -0.1) is 0 Å². The summed E-state index contributed by atoms with van der Waals surface area (Å²) in [5.41, 5.74) is 3.21. The lowest BCUT2D eigenvalue weighted by Crippen LogP contribution is -2.20. The molecule has 4 heteroatoms. The van der Waals surface area contributed by atoms with Gasteiger partial charge in [0.1, 0.15) is 17.3 Å². The lowest BCUT2D eigenvalue weighted by molar-refractivity contribution is 0.489. The van der Waals surface area contributed by atoms with Crippen LogP contribution in [0.15, 0.2) is 22.6 Å². The summed E-state index contributed by atoms with van der Waals surface area (Å²) in [5, 5.41) is 3.43. The van der Waals surface area contributed by atoms with Gasteiger partial charge in [0.05, 0.1) is 5.02 Å². The van der Waals surface area contributed by atoms with E-state index in [1.54, 1.807) is 6.07 Å². The maximum atomic E-state index is 13.5. The van der Waals surface area contributed by atoms with Gasteiger partial charge in [0, 0.05) is 11.6 Å². The van der Waals surface area contributed by atoms with E-state index in [9.17, 15) is 4.39 Å². The molecule has 0 aliphatic rings. The van der Waals surface area contributed by atoms with Crippen molar-refractivity contribution in [2.24, 2.45) is 0 Å². The average molecular weight is 296 g/mol. The zero-order chi connectivity index (χ0) is 14.9. The first-order chi connectivity index (χ1) is 9.43. The van der Waals surface area contributed by atoms with E-state index in [2.05, 4.69) is 5.32 Å². The fourth-order valence-electron chi connectivity index (χ4n) is 2.57. The number of hydrogen-bond donors (Lipinski definition) is 1. The molecule has 108 valence electrons. The molecule has 0 aliphatic carbocycles. The second-order valence-corrected chi connectivity index (χ2v) is 5.45. The molecule has 2 aromatic rings. The highest BCUT2D eigenvalue weighted by molar-refractivity contribution is 6.30. The first-order valence-electron chi connectivity index (χ1n) is 6.61. The van der Waals surface area contributed by atoms with Crippen LogP contribution in [0.5, 0.6) is 0 Å². The normalized spacial score (nSPS) is 12.7. The molecule has 0 aliphatic heterocycles. The molecule has 0 fully saturated rings. The maximum absolute atomic E-state index is 13.5. The molecule has 0 amide bonds. The Morgan fingerprint density at radius 2 is 1.95 bits per heavy atom. The molecule has 0 radical (unpaired) electrons. The van der Waals surface area contributed by atoms with Crippen molar-refractivity contribution in [2.45, 2.75) is 33.2 Å². The highest BCUT2D eigenvalue weighted by Gasteiger charge is 2.20. The van der Waals surface area contributed by atoms with Crippen LogP contribution in [0.2, 0.25) is 5.02 Å². The van der Waals surface area contributed by atoms with Crippen molar-refractivity contribution in [3.63, 3.8) is 0 Å². The lowest BCUT2D eigenvalue weighted by Gasteiger charge is -2.17. The minimum absolute atomic E-state index is 0.0908. The average Bonchev–Trinajstić information content (AvgIpc) is 2.65. The number of halogens is 2. The minimum Gasteiger partial charge on any atom is -0.466 e. The summed E-state index contributed by atoms with van der Waals surface area (Å²) in [7, 11) is 1.90. The van der Waals surface area contributed by atoms with Crippen LogP contribution in [-0.4, -0.2) is 7.05 Å². The Hall–Kier alpha value is -1.32. The van der Waals surface area contributed by atoms with Gasteiger partial charge < -0.3 is 9.73 Å². The molecular weight excluding hydrogens is 277 g/mol. The van der Waals surface area contributed by atoms with E-state index < -0.39 is 0 Å². The van der Waals surface area contributed by atoms with Crippen LogP contribution in [0.4, 0.5) is 4.39 Å². The van der Waals surface area contributed by atoms with E-state index in [1.807, 2.05) is 33.9 Å². The zero-order valence-electron chi connectivity index (χ0n) is 12.2. The predicted octanol–water partition coefficient (Wildman–Crippen LogP) is 4.50. The van der Waals surface area contributed by atoms with Gasteiger partial charge in [-0.3, -0.25) is 0 Å². The number of furan rings is 1. The number of rotatable bonds is 4. The Kier molecular flexibility index (Phi) is 4.51. The molecule has 0 spiro atoms. The third kappa shape index (κ3) is 2.89. The Morgan fingerprint density at radius 3 is 2.45 bits per heavy atom. The van der Waals surface area contributed by atoms with Crippen LogP contribution in [-0.2, 0) is 6.42 Å². The monoisotopic (exact) mass is 295 g/mol. The standard InChI is InChI=1S/C16H19ClFNO/c1-9-10(2)20-11(3)16(9)15(19-4)8-12-5-6-13(17)14(18)7-12/h5-7,15,19H,8H2,1-4H3. The summed E-state index contributed by atoms with van der Waals surface area (Å²) in [4.78, 5) is 0. The third-order valence-electron chi connectivity index (χ3n) is 3.74. The second kappa shape index (κ2) is 5.98. The predicted molar refractivity (Wildman–Crippen MR) is 79.8 cm³/mol. The molecule has 1 aromatic heterocycles. The van der Waals surface area contributed by atoms with Crippen molar-refractivity contribution in [1.82, 2.24) is 5.32 Å². The smallest absolute Gasteiger partial charge is 0.142 e. The summed E-state index contributed by atoms with van der Waals surface area (Å²) in [6, 6.07) is 5.03. The van der Waals surface area contributed by atoms with E-state index in [-0.39, 0.29) is 16.9 Å². The van der Waals surface area contributed by atoms with E-state index in [0.29, 0.717) is 6.42 Å². The summed E-state index contributed by atoms with van der Waals surface area (Å²) in [6.07, 6.45) is 0.686.